The summed E-state index contributed by atoms with van der Waals surface area (Å²) in [6.45, 7) is 0. The minimum absolute atomic E-state index is 0.184. The second kappa shape index (κ2) is 8.90. The molecular weight excluding hydrogens is 362 g/mol. The van der Waals surface area contributed by atoms with Crippen molar-refractivity contribution in [3.05, 3.63) is 102 Å². The van der Waals surface area contributed by atoms with Gasteiger partial charge in [0, 0.05) is 5.56 Å². The van der Waals surface area contributed by atoms with Crippen LogP contribution in [0.25, 0.3) is 0 Å². The first kappa shape index (κ1) is 19.2. The van der Waals surface area contributed by atoms with Crippen LogP contribution in [0.5, 0.6) is 0 Å². The lowest BCUT2D eigenvalue weighted by molar-refractivity contribution is -0.116. The Labute approximate surface area is 161 Å². The van der Waals surface area contributed by atoms with Crippen LogP contribution in [-0.4, -0.2) is 11.8 Å². The van der Waals surface area contributed by atoms with Gasteiger partial charge in [-0.15, -0.1) is 0 Å². The fourth-order valence-corrected chi connectivity index (χ4v) is 2.76. The first-order valence-electron chi connectivity index (χ1n) is 8.69. The van der Waals surface area contributed by atoms with Crippen LogP contribution < -0.4 is 10.6 Å². The molecule has 0 bridgehead atoms. The van der Waals surface area contributed by atoms with Crippen molar-refractivity contribution in [2.75, 3.05) is 5.32 Å². The number of carbonyl (C=O) groups is 2. The molecule has 142 valence electrons. The van der Waals surface area contributed by atoms with Crippen molar-refractivity contribution in [2.45, 2.75) is 12.5 Å². The van der Waals surface area contributed by atoms with Gasteiger partial charge >= 0.3 is 0 Å². The fourth-order valence-electron chi connectivity index (χ4n) is 2.76. The maximum absolute atomic E-state index is 13.8. The summed E-state index contributed by atoms with van der Waals surface area (Å²) in [4.78, 5) is 24.9. The zero-order valence-corrected chi connectivity index (χ0v) is 14.9. The van der Waals surface area contributed by atoms with E-state index in [1.165, 1.54) is 6.07 Å². The number of anilines is 1. The standard InChI is InChI=1S/C22H18F2N2O2/c23-17-12-7-13-18(24)21(17)26-20(27)14-19(15-8-3-1-4-9-15)25-22(28)16-10-5-2-6-11-16/h1-13,19H,14H2,(H,25,28)(H,26,27). The summed E-state index contributed by atoms with van der Waals surface area (Å²) in [7, 11) is 0. The average molecular weight is 380 g/mol. The molecule has 4 nitrogen and oxygen atoms in total. The van der Waals surface area contributed by atoms with Crippen LogP contribution in [0.3, 0.4) is 0 Å². The summed E-state index contributed by atoms with van der Waals surface area (Å²) >= 11 is 0. The van der Waals surface area contributed by atoms with E-state index < -0.39 is 29.3 Å². The predicted octanol–water partition coefficient (Wildman–Crippen LogP) is 4.46. The molecule has 0 aromatic heterocycles. The molecule has 0 saturated heterocycles. The number of para-hydroxylation sites is 1. The molecule has 1 unspecified atom stereocenters. The third-order valence-corrected chi connectivity index (χ3v) is 4.16. The van der Waals surface area contributed by atoms with Crippen LogP contribution in [0.15, 0.2) is 78.9 Å². The lowest BCUT2D eigenvalue weighted by Crippen LogP contribution is -2.31. The Kier molecular flexibility index (Phi) is 6.11. The highest BCUT2D eigenvalue weighted by atomic mass is 19.1. The summed E-state index contributed by atoms with van der Waals surface area (Å²) < 4.78 is 27.6. The summed E-state index contributed by atoms with van der Waals surface area (Å²) in [5.74, 6) is -2.69. The molecule has 0 radical (unpaired) electrons. The largest absolute Gasteiger partial charge is 0.345 e. The van der Waals surface area contributed by atoms with E-state index in [9.17, 15) is 18.4 Å². The summed E-state index contributed by atoms with van der Waals surface area (Å²) in [6, 6.07) is 20.2. The van der Waals surface area contributed by atoms with Crippen LogP contribution in [0.4, 0.5) is 14.5 Å². The minimum atomic E-state index is -0.863. The van der Waals surface area contributed by atoms with Crippen LogP contribution in [0, 0.1) is 11.6 Å². The van der Waals surface area contributed by atoms with Crippen molar-refractivity contribution in [2.24, 2.45) is 0 Å². The molecule has 0 heterocycles. The van der Waals surface area contributed by atoms with Gasteiger partial charge in [0.15, 0.2) is 0 Å². The topological polar surface area (TPSA) is 58.2 Å². The van der Waals surface area contributed by atoms with E-state index >= 15 is 0 Å². The molecule has 0 aliphatic carbocycles. The molecule has 2 amide bonds. The summed E-state index contributed by atoms with van der Waals surface area (Å²) in [5.41, 5.74) is 0.647. The highest BCUT2D eigenvalue weighted by Crippen LogP contribution is 2.21. The van der Waals surface area contributed by atoms with Crippen LogP contribution >= 0.6 is 0 Å². The molecule has 3 aromatic rings. The third-order valence-electron chi connectivity index (χ3n) is 4.16. The fraction of sp³-hybridized carbons (Fsp3) is 0.0909. The number of halogens is 2. The number of nitrogens with one attached hydrogen (secondary N) is 2. The van der Waals surface area contributed by atoms with E-state index in [4.69, 9.17) is 0 Å². The van der Waals surface area contributed by atoms with E-state index in [0.29, 0.717) is 11.1 Å². The molecule has 3 rings (SSSR count). The Morgan fingerprint density at radius 2 is 1.36 bits per heavy atom. The van der Waals surface area contributed by atoms with Crippen LogP contribution in [0.2, 0.25) is 0 Å². The second-order valence-electron chi connectivity index (χ2n) is 6.15. The van der Waals surface area contributed by atoms with E-state index in [2.05, 4.69) is 10.6 Å². The highest BCUT2D eigenvalue weighted by molar-refractivity contribution is 5.96. The number of benzene rings is 3. The van der Waals surface area contributed by atoms with Gasteiger partial charge in [-0.3, -0.25) is 9.59 Å². The van der Waals surface area contributed by atoms with Crippen LogP contribution in [-0.2, 0) is 4.79 Å². The normalized spacial score (nSPS) is 11.5. The summed E-state index contributed by atoms with van der Waals surface area (Å²) in [5, 5.41) is 5.06. The smallest absolute Gasteiger partial charge is 0.251 e. The van der Waals surface area contributed by atoms with E-state index in [1.54, 1.807) is 54.6 Å². The Balaban J connectivity index is 1.78. The van der Waals surface area contributed by atoms with Crippen molar-refractivity contribution >= 4 is 17.5 Å². The van der Waals surface area contributed by atoms with Gasteiger partial charge in [-0.1, -0.05) is 54.6 Å². The number of amides is 2. The average Bonchev–Trinajstić information content (AvgIpc) is 2.71. The number of hydrogen-bond donors (Lipinski definition) is 2. The number of hydrogen-bond acceptors (Lipinski definition) is 2. The van der Waals surface area contributed by atoms with E-state index in [1.807, 2.05) is 6.07 Å². The van der Waals surface area contributed by atoms with Crippen molar-refractivity contribution < 1.29 is 18.4 Å². The van der Waals surface area contributed by atoms with Crippen molar-refractivity contribution in [3.63, 3.8) is 0 Å². The predicted molar refractivity (Wildman–Crippen MR) is 103 cm³/mol. The molecular formula is C22H18F2N2O2. The van der Waals surface area contributed by atoms with Gasteiger partial charge in [0.25, 0.3) is 5.91 Å². The molecule has 0 aliphatic heterocycles. The van der Waals surface area contributed by atoms with Crippen molar-refractivity contribution in [3.8, 4) is 0 Å². The molecule has 0 spiro atoms. The Bertz CT molecular complexity index is 943. The SMILES string of the molecule is O=C(CC(NC(=O)c1ccccc1)c1ccccc1)Nc1c(F)cccc1F. The van der Waals surface area contributed by atoms with Gasteiger partial charge in [0.05, 0.1) is 12.5 Å². The maximum Gasteiger partial charge on any atom is 0.251 e. The maximum atomic E-state index is 13.8. The molecule has 2 N–H and O–H groups in total. The van der Waals surface area contributed by atoms with E-state index in [0.717, 1.165) is 12.1 Å². The molecule has 0 aliphatic rings. The van der Waals surface area contributed by atoms with E-state index in [-0.39, 0.29) is 12.3 Å². The number of rotatable bonds is 6. The Hall–Kier alpha value is -3.54. The zero-order chi connectivity index (χ0) is 19.9. The lowest BCUT2D eigenvalue weighted by Gasteiger charge is -2.19. The molecule has 0 fully saturated rings. The zero-order valence-electron chi connectivity index (χ0n) is 14.9. The lowest BCUT2D eigenvalue weighted by atomic mass is 10.0. The second-order valence-corrected chi connectivity index (χ2v) is 6.15. The first-order valence-corrected chi connectivity index (χ1v) is 8.69. The van der Waals surface area contributed by atoms with Gasteiger partial charge in [-0.25, -0.2) is 8.78 Å². The van der Waals surface area contributed by atoms with Gasteiger partial charge in [0.1, 0.15) is 17.3 Å². The van der Waals surface area contributed by atoms with Gasteiger partial charge in [-0.2, -0.15) is 0 Å². The number of carbonyl (C=O) groups excluding carboxylic acids is 2. The molecule has 3 aromatic carbocycles. The van der Waals surface area contributed by atoms with Crippen LogP contribution in [0.1, 0.15) is 28.4 Å². The third kappa shape index (κ3) is 4.79. The minimum Gasteiger partial charge on any atom is -0.345 e. The Morgan fingerprint density at radius 3 is 1.96 bits per heavy atom. The molecule has 1 atom stereocenters. The quantitative estimate of drug-likeness (QED) is 0.663. The van der Waals surface area contributed by atoms with Gasteiger partial charge in [-0.05, 0) is 29.8 Å². The Morgan fingerprint density at radius 1 is 0.786 bits per heavy atom. The van der Waals surface area contributed by atoms with Crippen molar-refractivity contribution in [1.82, 2.24) is 5.32 Å². The summed E-state index contributed by atoms with van der Waals surface area (Å²) in [6.07, 6.45) is -0.184. The highest BCUT2D eigenvalue weighted by Gasteiger charge is 2.21. The van der Waals surface area contributed by atoms with Gasteiger partial charge in [0.2, 0.25) is 5.91 Å². The molecule has 0 saturated carbocycles. The molecule has 28 heavy (non-hydrogen) atoms. The monoisotopic (exact) mass is 380 g/mol. The first-order chi connectivity index (χ1) is 13.5. The van der Waals surface area contributed by atoms with Gasteiger partial charge < -0.3 is 10.6 Å². The van der Waals surface area contributed by atoms with Crippen molar-refractivity contribution in [1.29, 1.82) is 0 Å². The molecule has 6 heteroatoms.